The van der Waals surface area contributed by atoms with Crippen LogP contribution in [0.4, 0.5) is 4.79 Å². The molecule has 0 aromatic heterocycles. The summed E-state index contributed by atoms with van der Waals surface area (Å²) in [6.45, 7) is 0.400. The van der Waals surface area contributed by atoms with Crippen LogP contribution < -0.4 is 14.8 Å². The van der Waals surface area contributed by atoms with E-state index in [0.29, 0.717) is 24.5 Å². The third kappa shape index (κ3) is 2.79. The van der Waals surface area contributed by atoms with E-state index in [4.69, 9.17) is 14.2 Å². The quantitative estimate of drug-likeness (QED) is 0.918. The molecule has 1 aromatic rings. The van der Waals surface area contributed by atoms with Crippen molar-refractivity contribution in [3.8, 4) is 11.5 Å². The van der Waals surface area contributed by atoms with Gasteiger partial charge in [0.1, 0.15) is 11.5 Å². The molecule has 0 saturated carbocycles. The van der Waals surface area contributed by atoms with E-state index in [1.807, 2.05) is 18.2 Å². The maximum atomic E-state index is 11.2. The van der Waals surface area contributed by atoms with Gasteiger partial charge in [-0.1, -0.05) is 6.07 Å². The Morgan fingerprint density at radius 2 is 1.89 bits per heavy atom. The molecule has 100 valence electrons. The highest BCUT2D eigenvalue weighted by molar-refractivity contribution is 5.85. The summed E-state index contributed by atoms with van der Waals surface area (Å²) < 4.78 is 15.5. The summed E-state index contributed by atoms with van der Waals surface area (Å²) in [5.41, 5.74) is 0.856. The van der Waals surface area contributed by atoms with Gasteiger partial charge in [-0.15, -0.1) is 12.4 Å². The third-order valence-corrected chi connectivity index (χ3v) is 2.75. The van der Waals surface area contributed by atoms with Crippen molar-refractivity contribution in [1.29, 1.82) is 0 Å². The summed E-state index contributed by atoms with van der Waals surface area (Å²) in [4.78, 5) is 11.2. The van der Waals surface area contributed by atoms with Gasteiger partial charge in [-0.3, -0.25) is 0 Å². The number of carbonyl (C=O) groups excluding carboxylic acids is 1. The van der Waals surface area contributed by atoms with E-state index >= 15 is 0 Å². The Hall–Kier alpha value is -1.62. The van der Waals surface area contributed by atoms with Crippen LogP contribution in [0.1, 0.15) is 18.0 Å². The van der Waals surface area contributed by atoms with E-state index in [-0.39, 0.29) is 18.4 Å². The average Bonchev–Trinajstić information content (AvgIpc) is 2.37. The SMILES string of the molecule is COc1cccc(OC)c1[C@H]1CCOC(=O)N1.Cl. The number of hydrogen-bond donors (Lipinski definition) is 1. The second-order valence-electron chi connectivity index (χ2n) is 3.70. The fraction of sp³-hybridized carbons (Fsp3) is 0.417. The molecule has 0 radical (unpaired) electrons. The maximum absolute atomic E-state index is 11.2. The fourth-order valence-corrected chi connectivity index (χ4v) is 1.97. The standard InChI is InChI=1S/C12H15NO4.ClH/c1-15-9-4-3-5-10(16-2)11(9)8-6-7-17-12(14)13-8;/h3-5,8H,6-7H2,1-2H3,(H,13,14);1H/t8-;/m1./s1. The highest BCUT2D eigenvalue weighted by Crippen LogP contribution is 2.36. The molecule has 1 heterocycles. The second-order valence-corrected chi connectivity index (χ2v) is 3.70. The Bertz CT molecular complexity index is 402. The predicted molar refractivity (Wildman–Crippen MR) is 68.6 cm³/mol. The molecule has 0 unspecified atom stereocenters. The molecule has 6 heteroatoms. The predicted octanol–water partition coefficient (Wildman–Crippen LogP) is 2.30. The van der Waals surface area contributed by atoms with E-state index in [1.165, 1.54) is 0 Å². The summed E-state index contributed by atoms with van der Waals surface area (Å²) in [6.07, 6.45) is 0.289. The topological polar surface area (TPSA) is 56.8 Å². The van der Waals surface area contributed by atoms with Crippen LogP contribution in [-0.2, 0) is 4.74 Å². The fourth-order valence-electron chi connectivity index (χ4n) is 1.97. The monoisotopic (exact) mass is 273 g/mol. The normalized spacial score (nSPS) is 18.1. The van der Waals surface area contributed by atoms with Crippen LogP contribution in [0.15, 0.2) is 18.2 Å². The number of carbonyl (C=O) groups is 1. The number of amides is 1. The lowest BCUT2D eigenvalue weighted by molar-refractivity contribution is 0.114. The highest BCUT2D eigenvalue weighted by atomic mass is 35.5. The first-order chi connectivity index (χ1) is 8.26. The number of nitrogens with one attached hydrogen (secondary N) is 1. The minimum atomic E-state index is -0.408. The van der Waals surface area contributed by atoms with Crippen molar-refractivity contribution in [3.63, 3.8) is 0 Å². The van der Waals surface area contributed by atoms with Gasteiger partial charge in [0, 0.05) is 6.42 Å². The van der Waals surface area contributed by atoms with Crippen LogP contribution in [0.2, 0.25) is 0 Å². The summed E-state index contributed by atoms with van der Waals surface area (Å²) >= 11 is 0. The van der Waals surface area contributed by atoms with Gasteiger partial charge < -0.3 is 19.5 Å². The lowest BCUT2D eigenvalue weighted by Crippen LogP contribution is -2.35. The molecule has 1 saturated heterocycles. The molecule has 1 amide bonds. The molecular weight excluding hydrogens is 258 g/mol. The van der Waals surface area contributed by atoms with Gasteiger partial charge in [-0.05, 0) is 12.1 Å². The molecule has 1 atom stereocenters. The molecule has 1 aliphatic heterocycles. The van der Waals surface area contributed by atoms with Gasteiger partial charge in [-0.2, -0.15) is 0 Å². The molecule has 1 N–H and O–H groups in total. The first-order valence-electron chi connectivity index (χ1n) is 5.40. The largest absolute Gasteiger partial charge is 0.496 e. The van der Waals surface area contributed by atoms with Gasteiger partial charge in [0.25, 0.3) is 0 Å². The number of ether oxygens (including phenoxy) is 3. The number of methoxy groups -OCH3 is 2. The van der Waals surface area contributed by atoms with E-state index in [9.17, 15) is 4.79 Å². The van der Waals surface area contributed by atoms with Crippen LogP contribution in [0.25, 0.3) is 0 Å². The van der Waals surface area contributed by atoms with E-state index in [1.54, 1.807) is 14.2 Å². The van der Waals surface area contributed by atoms with Crippen LogP contribution in [0.3, 0.4) is 0 Å². The molecule has 5 nitrogen and oxygen atoms in total. The minimum absolute atomic E-state index is 0. The van der Waals surface area contributed by atoms with Crippen molar-refractivity contribution in [2.75, 3.05) is 20.8 Å². The summed E-state index contributed by atoms with van der Waals surface area (Å²) in [6, 6.07) is 5.41. The highest BCUT2D eigenvalue weighted by Gasteiger charge is 2.26. The van der Waals surface area contributed by atoms with Crippen molar-refractivity contribution in [1.82, 2.24) is 5.32 Å². The molecule has 0 aliphatic carbocycles. The molecule has 0 bridgehead atoms. The van der Waals surface area contributed by atoms with Gasteiger partial charge >= 0.3 is 6.09 Å². The Balaban J connectivity index is 0.00000162. The average molecular weight is 274 g/mol. The molecule has 2 rings (SSSR count). The number of halogens is 1. The van der Waals surface area contributed by atoms with Gasteiger partial charge in [0.05, 0.1) is 32.4 Å². The minimum Gasteiger partial charge on any atom is -0.496 e. The molecule has 1 aromatic carbocycles. The number of cyclic esters (lactones) is 1. The first kappa shape index (κ1) is 14.4. The lowest BCUT2D eigenvalue weighted by atomic mass is 10.0. The Kier molecular flexibility index (Phi) is 5.09. The smallest absolute Gasteiger partial charge is 0.407 e. The molecule has 1 aliphatic rings. The van der Waals surface area contributed by atoms with E-state index in [0.717, 1.165) is 5.56 Å². The van der Waals surface area contributed by atoms with Crippen LogP contribution in [-0.4, -0.2) is 26.9 Å². The molecule has 1 fully saturated rings. The number of hydrogen-bond acceptors (Lipinski definition) is 4. The maximum Gasteiger partial charge on any atom is 0.407 e. The van der Waals surface area contributed by atoms with Gasteiger partial charge in [0.2, 0.25) is 0 Å². The van der Waals surface area contributed by atoms with Crippen molar-refractivity contribution < 1.29 is 19.0 Å². The zero-order chi connectivity index (χ0) is 12.3. The first-order valence-corrected chi connectivity index (χ1v) is 5.40. The number of rotatable bonds is 3. The molecule has 0 spiro atoms. The second kappa shape index (κ2) is 6.35. The Morgan fingerprint density at radius 3 is 2.39 bits per heavy atom. The summed E-state index contributed by atoms with van der Waals surface area (Å²) in [7, 11) is 3.19. The molecule has 18 heavy (non-hydrogen) atoms. The molecular formula is C12H16ClNO4. The number of benzene rings is 1. The van der Waals surface area contributed by atoms with Crippen molar-refractivity contribution >= 4 is 18.5 Å². The van der Waals surface area contributed by atoms with Crippen molar-refractivity contribution in [3.05, 3.63) is 23.8 Å². The summed E-state index contributed by atoms with van der Waals surface area (Å²) in [5.74, 6) is 1.41. The van der Waals surface area contributed by atoms with Crippen molar-refractivity contribution in [2.45, 2.75) is 12.5 Å². The Morgan fingerprint density at radius 1 is 1.28 bits per heavy atom. The van der Waals surface area contributed by atoms with Crippen molar-refractivity contribution in [2.24, 2.45) is 0 Å². The summed E-state index contributed by atoms with van der Waals surface area (Å²) in [5, 5.41) is 2.76. The van der Waals surface area contributed by atoms with E-state index < -0.39 is 6.09 Å². The zero-order valence-electron chi connectivity index (χ0n) is 10.3. The number of alkyl carbamates (subject to hydrolysis) is 1. The Labute approximate surface area is 112 Å². The van der Waals surface area contributed by atoms with Crippen LogP contribution in [0, 0.1) is 0 Å². The third-order valence-electron chi connectivity index (χ3n) is 2.75. The van der Waals surface area contributed by atoms with E-state index in [2.05, 4.69) is 5.32 Å². The van der Waals surface area contributed by atoms with Crippen LogP contribution >= 0.6 is 12.4 Å². The zero-order valence-corrected chi connectivity index (χ0v) is 11.1. The lowest BCUT2D eigenvalue weighted by Gasteiger charge is -2.26. The van der Waals surface area contributed by atoms with Gasteiger partial charge in [0.15, 0.2) is 0 Å². The van der Waals surface area contributed by atoms with Gasteiger partial charge in [-0.25, -0.2) is 4.79 Å². The van der Waals surface area contributed by atoms with Crippen LogP contribution in [0.5, 0.6) is 11.5 Å².